The normalized spacial score (nSPS) is 11.7. The molecule has 1 aromatic carbocycles. The van der Waals surface area contributed by atoms with E-state index in [9.17, 15) is 9.59 Å². The van der Waals surface area contributed by atoms with Crippen molar-refractivity contribution in [2.45, 2.75) is 26.4 Å². The van der Waals surface area contributed by atoms with Crippen LogP contribution < -0.4 is 0 Å². The molecule has 3 aromatic rings. The fourth-order valence-corrected chi connectivity index (χ4v) is 3.33. The summed E-state index contributed by atoms with van der Waals surface area (Å²) >= 11 is 0. The first-order valence-electron chi connectivity index (χ1n) is 11.5. The lowest BCUT2D eigenvalue weighted by molar-refractivity contribution is -0.158. The summed E-state index contributed by atoms with van der Waals surface area (Å²) in [7, 11) is 3.84. The highest BCUT2D eigenvalue weighted by atomic mass is 16.6. The molecule has 35 heavy (non-hydrogen) atoms. The van der Waals surface area contributed by atoms with Crippen LogP contribution in [-0.4, -0.2) is 75.8 Å². The van der Waals surface area contributed by atoms with Gasteiger partial charge in [0.05, 0.1) is 5.69 Å². The monoisotopic (exact) mass is 475 g/mol. The van der Waals surface area contributed by atoms with Gasteiger partial charge in [-0.25, -0.2) is 4.68 Å². The van der Waals surface area contributed by atoms with E-state index in [0.717, 1.165) is 16.8 Å². The van der Waals surface area contributed by atoms with Crippen LogP contribution in [0.2, 0.25) is 0 Å². The van der Waals surface area contributed by atoms with Crippen LogP contribution in [-0.2, 0) is 14.3 Å². The molecule has 1 amide bonds. The minimum atomic E-state index is -0.617. The third-order valence-electron chi connectivity index (χ3n) is 4.97. The van der Waals surface area contributed by atoms with E-state index < -0.39 is 11.6 Å². The average molecular weight is 476 g/mol. The minimum Gasteiger partial charge on any atom is -0.459 e. The molecular weight excluding hydrogens is 442 g/mol. The number of benzene rings is 1. The number of esters is 1. The minimum absolute atomic E-state index is 0.118. The quantitative estimate of drug-likeness (QED) is 0.347. The van der Waals surface area contributed by atoms with E-state index in [4.69, 9.17) is 9.84 Å². The molecule has 2 heterocycles. The van der Waals surface area contributed by atoms with Gasteiger partial charge >= 0.3 is 5.97 Å². The Bertz CT molecular complexity index is 1150. The number of likely N-dealkylation sites (N-methyl/N-ethyl adjacent to an activating group) is 1. The van der Waals surface area contributed by atoms with Crippen LogP contribution in [0.25, 0.3) is 23.0 Å². The van der Waals surface area contributed by atoms with E-state index in [1.54, 1.807) is 43.9 Å². The molecule has 0 spiro atoms. The van der Waals surface area contributed by atoms with Crippen molar-refractivity contribution in [3.05, 3.63) is 72.7 Å². The van der Waals surface area contributed by atoms with Crippen molar-refractivity contribution in [3.63, 3.8) is 0 Å². The third-order valence-corrected chi connectivity index (χ3v) is 4.97. The van der Waals surface area contributed by atoms with Crippen LogP contribution in [0.4, 0.5) is 0 Å². The summed E-state index contributed by atoms with van der Waals surface area (Å²) in [5, 5.41) is 4.74. The number of para-hydroxylation sites is 1. The summed E-state index contributed by atoms with van der Waals surface area (Å²) in [4.78, 5) is 33.2. The molecule has 2 aromatic heterocycles. The largest absolute Gasteiger partial charge is 0.459 e. The molecule has 0 aliphatic heterocycles. The molecule has 0 atom stereocenters. The van der Waals surface area contributed by atoms with Crippen LogP contribution in [0.5, 0.6) is 0 Å². The topological polar surface area (TPSA) is 80.6 Å². The Morgan fingerprint density at radius 1 is 1.06 bits per heavy atom. The van der Waals surface area contributed by atoms with Gasteiger partial charge in [0.1, 0.15) is 17.8 Å². The van der Waals surface area contributed by atoms with Crippen LogP contribution in [0.3, 0.4) is 0 Å². The molecule has 184 valence electrons. The first-order valence-corrected chi connectivity index (χ1v) is 11.5. The summed E-state index contributed by atoms with van der Waals surface area (Å²) in [5.74, 6) is -0.715. The van der Waals surface area contributed by atoms with E-state index in [-0.39, 0.29) is 12.5 Å². The Morgan fingerprint density at radius 2 is 1.80 bits per heavy atom. The van der Waals surface area contributed by atoms with Crippen molar-refractivity contribution in [3.8, 4) is 16.9 Å². The van der Waals surface area contributed by atoms with E-state index in [1.165, 1.54) is 11.0 Å². The van der Waals surface area contributed by atoms with Gasteiger partial charge in [-0.1, -0.05) is 18.2 Å². The second kappa shape index (κ2) is 11.6. The van der Waals surface area contributed by atoms with Gasteiger partial charge in [-0.2, -0.15) is 5.10 Å². The number of aromatic nitrogens is 3. The number of ether oxygens (including phenoxy) is 1. The summed E-state index contributed by atoms with van der Waals surface area (Å²) in [6.45, 7) is 6.32. The fraction of sp³-hybridized carbons (Fsp3) is 0.333. The molecule has 0 radical (unpaired) electrons. The summed E-state index contributed by atoms with van der Waals surface area (Å²) in [5.41, 5.74) is 2.60. The second-order valence-corrected chi connectivity index (χ2v) is 9.44. The van der Waals surface area contributed by atoms with Crippen molar-refractivity contribution in [2.24, 2.45) is 0 Å². The first kappa shape index (κ1) is 25.8. The lowest BCUT2D eigenvalue weighted by Gasteiger charge is -2.25. The summed E-state index contributed by atoms with van der Waals surface area (Å²) in [6, 6.07) is 13.5. The summed E-state index contributed by atoms with van der Waals surface area (Å²) in [6.07, 6.45) is 8.53. The molecule has 0 N–H and O–H groups in total. The van der Waals surface area contributed by atoms with E-state index in [0.29, 0.717) is 18.8 Å². The zero-order valence-electron chi connectivity index (χ0n) is 21.0. The Kier molecular flexibility index (Phi) is 8.54. The number of nitrogens with zero attached hydrogens (tertiary/aromatic N) is 5. The van der Waals surface area contributed by atoms with Crippen molar-refractivity contribution >= 4 is 18.0 Å². The Labute approximate surface area is 206 Å². The zero-order chi connectivity index (χ0) is 25.4. The van der Waals surface area contributed by atoms with Gasteiger partial charge in [-0.3, -0.25) is 14.6 Å². The SMILES string of the molecule is CN(C)CCN(CC(=O)OC(C)(C)C)C(=O)/C=C/c1cn(-c2ccccc2)nc1-c1cccnc1. The van der Waals surface area contributed by atoms with E-state index >= 15 is 0 Å². The number of pyridine rings is 1. The van der Waals surface area contributed by atoms with Gasteiger partial charge < -0.3 is 14.5 Å². The van der Waals surface area contributed by atoms with Crippen LogP contribution in [0.15, 0.2) is 67.1 Å². The molecular formula is C27H33N5O3. The first-order chi connectivity index (χ1) is 16.6. The fourth-order valence-electron chi connectivity index (χ4n) is 3.33. The van der Waals surface area contributed by atoms with Crippen molar-refractivity contribution in [2.75, 3.05) is 33.7 Å². The predicted octanol–water partition coefficient (Wildman–Crippen LogP) is 3.68. The van der Waals surface area contributed by atoms with Crippen LogP contribution in [0, 0.1) is 0 Å². The van der Waals surface area contributed by atoms with Crippen molar-refractivity contribution < 1.29 is 14.3 Å². The molecule has 0 fully saturated rings. The van der Waals surface area contributed by atoms with E-state index in [2.05, 4.69) is 4.98 Å². The standard InChI is InChI=1S/C27H33N5O3/c1-27(2,3)35-25(34)20-31(17-16-30(4)5)24(33)14-13-22-19-32(23-11-7-6-8-12-23)29-26(22)21-10-9-15-28-18-21/h6-15,18-19H,16-17,20H2,1-5H3/b14-13+. The maximum atomic E-state index is 13.1. The molecule has 0 saturated heterocycles. The van der Waals surface area contributed by atoms with Crippen LogP contribution >= 0.6 is 0 Å². The molecule has 8 nitrogen and oxygen atoms in total. The number of amides is 1. The van der Waals surface area contributed by atoms with Crippen molar-refractivity contribution in [1.82, 2.24) is 24.6 Å². The highest BCUT2D eigenvalue weighted by Crippen LogP contribution is 2.24. The van der Waals surface area contributed by atoms with Gasteiger partial charge in [0.2, 0.25) is 5.91 Å². The number of hydrogen-bond donors (Lipinski definition) is 0. The summed E-state index contributed by atoms with van der Waals surface area (Å²) < 4.78 is 7.20. The molecule has 0 aliphatic rings. The number of carbonyl (C=O) groups excluding carboxylic acids is 2. The predicted molar refractivity (Wildman–Crippen MR) is 137 cm³/mol. The number of rotatable bonds is 9. The molecule has 0 bridgehead atoms. The lowest BCUT2D eigenvalue weighted by Crippen LogP contribution is -2.41. The van der Waals surface area contributed by atoms with Crippen molar-refractivity contribution in [1.29, 1.82) is 0 Å². The van der Waals surface area contributed by atoms with Gasteiger partial charge in [0, 0.05) is 48.9 Å². The van der Waals surface area contributed by atoms with Gasteiger partial charge in [0.25, 0.3) is 0 Å². The zero-order valence-corrected chi connectivity index (χ0v) is 21.0. The molecule has 0 unspecified atom stereocenters. The maximum absolute atomic E-state index is 13.1. The van der Waals surface area contributed by atoms with Crippen LogP contribution in [0.1, 0.15) is 26.3 Å². The average Bonchev–Trinajstić information content (AvgIpc) is 3.24. The highest BCUT2D eigenvalue weighted by Gasteiger charge is 2.21. The van der Waals surface area contributed by atoms with Gasteiger partial charge in [-0.05, 0) is 65.2 Å². The van der Waals surface area contributed by atoms with Gasteiger partial charge in [0.15, 0.2) is 0 Å². The Morgan fingerprint density at radius 3 is 2.43 bits per heavy atom. The second-order valence-electron chi connectivity index (χ2n) is 9.44. The smallest absolute Gasteiger partial charge is 0.326 e. The molecule has 0 aliphatic carbocycles. The molecule has 0 saturated carbocycles. The van der Waals surface area contributed by atoms with Gasteiger partial charge in [-0.15, -0.1) is 0 Å². The maximum Gasteiger partial charge on any atom is 0.326 e. The van der Waals surface area contributed by atoms with E-state index in [1.807, 2.05) is 67.7 Å². The lowest BCUT2D eigenvalue weighted by atomic mass is 10.1. The Balaban J connectivity index is 1.88. The number of carbonyl (C=O) groups is 2. The number of hydrogen-bond acceptors (Lipinski definition) is 6. The highest BCUT2D eigenvalue weighted by molar-refractivity contribution is 5.94. The molecule has 8 heteroatoms. The third kappa shape index (κ3) is 7.89. The Hall–Kier alpha value is -3.78. The molecule has 3 rings (SSSR count).